The van der Waals surface area contributed by atoms with E-state index in [1.165, 1.54) is 9.75 Å². The zero-order valence-corrected chi connectivity index (χ0v) is 10.3. The van der Waals surface area contributed by atoms with Gasteiger partial charge in [0.2, 0.25) is 0 Å². The molecule has 0 aliphatic carbocycles. The van der Waals surface area contributed by atoms with Crippen molar-refractivity contribution in [3.63, 3.8) is 0 Å². The van der Waals surface area contributed by atoms with Crippen LogP contribution in [-0.2, 0) is 6.54 Å². The number of hydrogen-bond donors (Lipinski definition) is 2. The second-order valence-corrected chi connectivity index (χ2v) is 4.94. The number of nitrogens with two attached hydrogens (primary N) is 1. The van der Waals surface area contributed by atoms with Crippen molar-refractivity contribution >= 4 is 11.3 Å². The van der Waals surface area contributed by atoms with Crippen molar-refractivity contribution in [1.82, 2.24) is 15.2 Å². The van der Waals surface area contributed by atoms with Crippen LogP contribution in [0.4, 0.5) is 0 Å². The Morgan fingerprint density at radius 1 is 1.50 bits per heavy atom. The Morgan fingerprint density at radius 2 is 2.31 bits per heavy atom. The molecule has 0 spiro atoms. The van der Waals surface area contributed by atoms with Gasteiger partial charge < -0.3 is 0 Å². The SMILES string of the molecule is CCn1nccc1C(NN)c1ccc(C)s1. The standard InChI is InChI=1S/C11H16N4S/c1-3-15-9(6-7-13-15)11(14-12)10-5-4-8(2)16-10/h4-7,11,14H,3,12H2,1-2H3. The number of hydrogen-bond acceptors (Lipinski definition) is 4. The van der Waals surface area contributed by atoms with E-state index in [-0.39, 0.29) is 6.04 Å². The smallest absolute Gasteiger partial charge is 0.0970 e. The third-order valence-corrected chi connectivity index (χ3v) is 3.62. The fourth-order valence-corrected chi connectivity index (χ4v) is 2.72. The van der Waals surface area contributed by atoms with Gasteiger partial charge in [-0.3, -0.25) is 10.5 Å². The highest BCUT2D eigenvalue weighted by atomic mass is 32.1. The highest BCUT2D eigenvalue weighted by molar-refractivity contribution is 7.12. The van der Waals surface area contributed by atoms with Crippen LogP contribution >= 0.6 is 11.3 Å². The van der Waals surface area contributed by atoms with Gasteiger partial charge in [-0.05, 0) is 32.0 Å². The molecule has 0 saturated heterocycles. The van der Waals surface area contributed by atoms with Gasteiger partial charge in [0.1, 0.15) is 0 Å². The topological polar surface area (TPSA) is 55.9 Å². The quantitative estimate of drug-likeness (QED) is 0.629. The molecule has 16 heavy (non-hydrogen) atoms. The van der Waals surface area contributed by atoms with Gasteiger partial charge in [0.25, 0.3) is 0 Å². The van der Waals surface area contributed by atoms with Gasteiger partial charge in [-0.2, -0.15) is 5.10 Å². The van der Waals surface area contributed by atoms with Crippen molar-refractivity contribution in [2.45, 2.75) is 26.4 Å². The molecule has 2 heterocycles. The average Bonchev–Trinajstić information content (AvgIpc) is 2.89. The molecule has 2 aromatic rings. The first kappa shape index (κ1) is 11.3. The second-order valence-electron chi connectivity index (χ2n) is 3.62. The van der Waals surface area contributed by atoms with E-state index in [9.17, 15) is 0 Å². The maximum atomic E-state index is 5.64. The Balaban J connectivity index is 2.36. The second kappa shape index (κ2) is 4.78. The molecule has 3 N–H and O–H groups in total. The van der Waals surface area contributed by atoms with E-state index in [1.54, 1.807) is 11.3 Å². The van der Waals surface area contributed by atoms with E-state index < -0.39 is 0 Å². The summed E-state index contributed by atoms with van der Waals surface area (Å²) in [5, 5.41) is 4.26. The Morgan fingerprint density at radius 3 is 2.88 bits per heavy atom. The van der Waals surface area contributed by atoms with Crippen LogP contribution in [-0.4, -0.2) is 9.78 Å². The molecule has 0 fully saturated rings. The van der Waals surface area contributed by atoms with E-state index in [1.807, 2.05) is 16.9 Å². The maximum absolute atomic E-state index is 5.64. The van der Waals surface area contributed by atoms with Crippen LogP contribution in [0.1, 0.15) is 28.4 Å². The molecule has 0 amide bonds. The van der Waals surface area contributed by atoms with Crippen molar-refractivity contribution in [2.24, 2.45) is 5.84 Å². The fourth-order valence-electron chi connectivity index (χ4n) is 1.77. The van der Waals surface area contributed by atoms with Crippen LogP contribution in [0.25, 0.3) is 0 Å². The van der Waals surface area contributed by atoms with Crippen LogP contribution in [0.15, 0.2) is 24.4 Å². The number of hydrazine groups is 1. The van der Waals surface area contributed by atoms with Gasteiger partial charge in [-0.15, -0.1) is 11.3 Å². The molecule has 86 valence electrons. The monoisotopic (exact) mass is 236 g/mol. The van der Waals surface area contributed by atoms with E-state index in [0.717, 1.165) is 12.2 Å². The normalized spacial score (nSPS) is 12.9. The highest BCUT2D eigenvalue weighted by Crippen LogP contribution is 2.27. The fraction of sp³-hybridized carbons (Fsp3) is 0.364. The van der Waals surface area contributed by atoms with Crippen LogP contribution in [0.2, 0.25) is 0 Å². The Bertz CT molecular complexity index is 460. The number of nitrogens with zero attached hydrogens (tertiary/aromatic N) is 2. The van der Waals surface area contributed by atoms with Crippen molar-refractivity contribution in [3.05, 3.63) is 39.8 Å². The van der Waals surface area contributed by atoms with Crippen molar-refractivity contribution < 1.29 is 0 Å². The van der Waals surface area contributed by atoms with Crippen LogP contribution in [0.3, 0.4) is 0 Å². The molecule has 0 saturated carbocycles. The van der Waals surface area contributed by atoms with Crippen molar-refractivity contribution in [2.75, 3.05) is 0 Å². The summed E-state index contributed by atoms with van der Waals surface area (Å²) in [6.07, 6.45) is 1.81. The molecule has 4 nitrogen and oxygen atoms in total. The lowest BCUT2D eigenvalue weighted by molar-refractivity contribution is 0.548. The first-order chi connectivity index (χ1) is 7.76. The molecule has 2 rings (SSSR count). The summed E-state index contributed by atoms with van der Waals surface area (Å²) in [7, 11) is 0. The lowest BCUT2D eigenvalue weighted by atomic mass is 10.2. The predicted molar refractivity (Wildman–Crippen MR) is 66.1 cm³/mol. The lowest BCUT2D eigenvalue weighted by Gasteiger charge is -2.15. The summed E-state index contributed by atoms with van der Waals surface area (Å²) in [5.41, 5.74) is 3.96. The number of aryl methyl sites for hydroxylation is 2. The van der Waals surface area contributed by atoms with E-state index in [4.69, 9.17) is 5.84 Å². The van der Waals surface area contributed by atoms with Gasteiger partial charge in [-0.1, -0.05) is 0 Å². The summed E-state index contributed by atoms with van der Waals surface area (Å²) < 4.78 is 1.96. The van der Waals surface area contributed by atoms with Gasteiger partial charge in [0.05, 0.1) is 11.7 Å². The minimum absolute atomic E-state index is 0.0288. The summed E-state index contributed by atoms with van der Waals surface area (Å²) in [6.45, 7) is 5.02. The van der Waals surface area contributed by atoms with Gasteiger partial charge in [-0.25, -0.2) is 5.43 Å². The molecule has 0 aliphatic rings. The zero-order valence-electron chi connectivity index (χ0n) is 9.47. The molecule has 0 radical (unpaired) electrons. The highest BCUT2D eigenvalue weighted by Gasteiger charge is 2.17. The summed E-state index contributed by atoms with van der Waals surface area (Å²) in [6, 6.07) is 6.25. The van der Waals surface area contributed by atoms with E-state index in [0.29, 0.717) is 0 Å². The van der Waals surface area contributed by atoms with Gasteiger partial charge in [0, 0.05) is 22.5 Å². The van der Waals surface area contributed by atoms with Crippen LogP contribution < -0.4 is 11.3 Å². The molecular weight excluding hydrogens is 220 g/mol. The number of thiophene rings is 1. The van der Waals surface area contributed by atoms with Crippen LogP contribution in [0.5, 0.6) is 0 Å². The first-order valence-corrected chi connectivity index (χ1v) is 6.12. The first-order valence-electron chi connectivity index (χ1n) is 5.30. The largest absolute Gasteiger partial charge is 0.270 e. The zero-order chi connectivity index (χ0) is 11.5. The minimum atomic E-state index is 0.0288. The molecule has 1 unspecified atom stereocenters. The van der Waals surface area contributed by atoms with Crippen molar-refractivity contribution in [3.8, 4) is 0 Å². The molecule has 0 aromatic carbocycles. The third kappa shape index (κ3) is 2.02. The molecule has 1 atom stereocenters. The Kier molecular flexibility index (Phi) is 3.38. The molecule has 0 aliphatic heterocycles. The number of nitrogens with one attached hydrogen (secondary N) is 1. The van der Waals surface area contributed by atoms with Gasteiger partial charge >= 0.3 is 0 Å². The van der Waals surface area contributed by atoms with Gasteiger partial charge in [0.15, 0.2) is 0 Å². The van der Waals surface area contributed by atoms with Crippen molar-refractivity contribution in [1.29, 1.82) is 0 Å². The molecule has 0 bridgehead atoms. The maximum Gasteiger partial charge on any atom is 0.0970 e. The number of rotatable bonds is 4. The predicted octanol–water partition coefficient (Wildman–Crippen LogP) is 1.83. The Labute approximate surface area is 99.1 Å². The van der Waals surface area contributed by atoms with E-state index >= 15 is 0 Å². The summed E-state index contributed by atoms with van der Waals surface area (Å²) in [4.78, 5) is 2.51. The number of aromatic nitrogens is 2. The molecule has 5 heteroatoms. The Hall–Kier alpha value is -1.17. The molecule has 2 aromatic heterocycles. The third-order valence-electron chi connectivity index (χ3n) is 2.56. The summed E-state index contributed by atoms with van der Waals surface area (Å²) in [5.74, 6) is 5.64. The summed E-state index contributed by atoms with van der Waals surface area (Å²) >= 11 is 1.75. The average molecular weight is 236 g/mol. The minimum Gasteiger partial charge on any atom is -0.270 e. The molecular formula is C11H16N4S. The van der Waals surface area contributed by atoms with Crippen LogP contribution in [0, 0.1) is 6.92 Å². The van der Waals surface area contributed by atoms with E-state index in [2.05, 4.69) is 36.5 Å². The lowest BCUT2D eigenvalue weighted by Crippen LogP contribution is -2.30.